The summed E-state index contributed by atoms with van der Waals surface area (Å²) in [6.45, 7) is 0. The molecule has 0 aliphatic heterocycles. The van der Waals surface area contributed by atoms with E-state index in [0.717, 1.165) is 18.4 Å². The Balaban J connectivity index is 1.68. The van der Waals surface area contributed by atoms with Crippen molar-refractivity contribution in [2.45, 2.75) is 12.8 Å². The lowest BCUT2D eigenvalue weighted by Gasteiger charge is -2.09. The summed E-state index contributed by atoms with van der Waals surface area (Å²) in [6.07, 6.45) is 4.82. The van der Waals surface area contributed by atoms with Gasteiger partial charge in [0.25, 0.3) is 0 Å². The third-order valence-electron chi connectivity index (χ3n) is 3.50. The van der Waals surface area contributed by atoms with Crippen molar-refractivity contribution in [3.05, 3.63) is 46.1 Å². The van der Waals surface area contributed by atoms with E-state index in [1.54, 1.807) is 30.5 Å². The second kappa shape index (κ2) is 7.72. The maximum atomic E-state index is 11.8. The number of anilines is 1. The summed E-state index contributed by atoms with van der Waals surface area (Å²) in [5.74, 6) is 1.05. The molecule has 2 aromatic rings. The first-order chi connectivity index (χ1) is 12.1. The van der Waals surface area contributed by atoms with Gasteiger partial charge in [-0.25, -0.2) is 4.98 Å². The molecule has 1 fully saturated rings. The number of rotatable bonds is 6. The number of aromatic nitrogens is 1. The first-order valence-electron chi connectivity index (χ1n) is 7.56. The molecule has 1 aromatic carbocycles. The third-order valence-corrected chi connectivity index (χ3v) is 4.00. The average Bonchev–Trinajstić information content (AvgIpc) is 3.43. The molecule has 0 amide bonds. The minimum Gasteiger partial charge on any atom is -0.493 e. The minimum atomic E-state index is -0.218. The molecule has 25 heavy (non-hydrogen) atoms. The molecule has 130 valence electrons. The van der Waals surface area contributed by atoms with Crippen LogP contribution in [0.25, 0.3) is 0 Å². The van der Waals surface area contributed by atoms with Gasteiger partial charge in [0, 0.05) is 6.20 Å². The van der Waals surface area contributed by atoms with Gasteiger partial charge < -0.3 is 9.47 Å². The molecule has 0 bridgehead atoms. The van der Waals surface area contributed by atoms with Gasteiger partial charge in [0.05, 0.1) is 29.3 Å². The number of hydrogen-bond acceptors (Lipinski definition) is 6. The Morgan fingerprint density at radius 3 is 2.80 bits per heavy atom. The van der Waals surface area contributed by atoms with Crippen LogP contribution in [0.4, 0.5) is 5.82 Å². The molecule has 0 unspecified atom stereocenters. The summed E-state index contributed by atoms with van der Waals surface area (Å²) < 4.78 is 10.6. The summed E-state index contributed by atoms with van der Waals surface area (Å²) in [5, 5.41) is 4.89. The van der Waals surface area contributed by atoms with E-state index in [-0.39, 0.29) is 11.9 Å². The molecule has 0 radical (unpaired) electrons. The highest BCUT2D eigenvalue weighted by molar-refractivity contribution is 6.35. The summed E-state index contributed by atoms with van der Waals surface area (Å²) >= 11 is 11.8. The maximum absolute atomic E-state index is 11.8. The Morgan fingerprint density at radius 1 is 1.32 bits per heavy atom. The zero-order valence-electron chi connectivity index (χ0n) is 13.3. The molecule has 0 spiro atoms. The number of methoxy groups -OCH3 is 1. The highest BCUT2D eigenvalue weighted by Crippen LogP contribution is 2.34. The van der Waals surface area contributed by atoms with E-state index < -0.39 is 0 Å². The van der Waals surface area contributed by atoms with E-state index in [9.17, 15) is 4.79 Å². The largest absolute Gasteiger partial charge is 0.493 e. The van der Waals surface area contributed by atoms with Gasteiger partial charge in [0.2, 0.25) is 0 Å². The maximum Gasteiger partial charge on any atom is 0.314 e. The number of halogens is 2. The van der Waals surface area contributed by atoms with E-state index in [0.29, 0.717) is 27.4 Å². The molecule has 1 heterocycles. The van der Waals surface area contributed by atoms with Crippen LogP contribution in [0.5, 0.6) is 11.5 Å². The summed E-state index contributed by atoms with van der Waals surface area (Å²) in [5.41, 5.74) is 3.49. The third kappa shape index (κ3) is 4.61. The van der Waals surface area contributed by atoms with Crippen LogP contribution in [-0.4, -0.2) is 24.3 Å². The Bertz CT molecular complexity index is 823. The van der Waals surface area contributed by atoms with Crippen molar-refractivity contribution < 1.29 is 14.3 Å². The predicted octanol–water partition coefficient (Wildman–Crippen LogP) is 4.16. The number of carbonyl (C=O) groups excluding carboxylic acids is 1. The number of hydrazone groups is 1. The van der Waals surface area contributed by atoms with Crippen molar-refractivity contribution in [2.75, 3.05) is 12.5 Å². The lowest BCUT2D eigenvalue weighted by molar-refractivity contribution is -0.135. The number of benzene rings is 1. The van der Waals surface area contributed by atoms with Crippen molar-refractivity contribution >= 4 is 41.2 Å². The van der Waals surface area contributed by atoms with E-state index in [1.807, 2.05) is 0 Å². The number of carbonyl (C=O) groups is 1. The highest BCUT2D eigenvalue weighted by atomic mass is 35.5. The quantitative estimate of drug-likeness (QED) is 0.353. The van der Waals surface area contributed by atoms with Crippen molar-refractivity contribution in [1.82, 2.24) is 4.98 Å². The van der Waals surface area contributed by atoms with Gasteiger partial charge in [-0.1, -0.05) is 23.2 Å². The van der Waals surface area contributed by atoms with Crippen LogP contribution < -0.4 is 14.9 Å². The Kier molecular flexibility index (Phi) is 5.40. The summed E-state index contributed by atoms with van der Waals surface area (Å²) in [4.78, 5) is 15.8. The molecule has 1 aliphatic rings. The number of nitrogens with zero attached hydrogens (tertiary/aromatic N) is 2. The van der Waals surface area contributed by atoms with Gasteiger partial charge in [0.1, 0.15) is 0 Å². The molecule has 1 aliphatic carbocycles. The number of ether oxygens (including phenoxy) is 2. The number of pyridine rings is 1. The van der Waals surface area contributed by atoms with Crippen molar-refractivity contribution in [1.29, 1.82) is 0 Å². The summed E-state index contributed by atoms with van der Waals surface area (Å²) in [6, 6.07) is 6.73. The lowest BCUT2D eigenvalue weighted by Crippen LogP contribution is -2.10. The molecule has 1 saturated carbocycles. The van der Waals surface area contributed by atoms with E-state index >= 15 is 0 Å². The molecule has 8 heteroatoms. The fourth-order valence-corrected chi connectivity index (χ4v) is 2.45. The van der Waals surface area contributed by atoms with Crippen LogP contribution in [-0.2, 0) is 4.79 Å². The van der Waals surface area contributed by atoms with Gasteiger partial charge in [-0.05, 0) is 42.7 Å². The van der Waals surface area contributed by atoms with Gasteiger partial charge >= 0.3 is 5.97 Å². The van der Waals surface area contributed by atoms with Crippen LogP contribution in [0.1, 0.15) is 18.4 Å². The number of nitrogens with one attached hydrogen (secondary N) is 1. The van der Waals surface area contributed by atoms with E-state index in [4.69, 9.17) is 32.7 Å². The average molecular weight is 380 g/mol. The minimum absolute atomic E-state index is 0.0202. The first-order valence-corrected chi connectivity index (χ1v) is 8.32. The zero-order chi connectivity index (χ0) is 17.8. The molecular formula is C17H15Cl2N3O3. The van der Waals surface area contributed by atoms with Crippen molar-refractivity contribution in [3.63, 3.8) is 0 Å². The fourth-order valence-electron chi connectivity index (χ4n) is 2.02. The first kappa shape index (κ1) is 17.5. The summed E-state index contributed by atoms with van der Waals surface area (Å²) in [7, 11) is 1.51. The smallest absolute Gasteiger partial charge is 0.314 e. The standard InChI is InChI=1S/C17H15Cl2N3O3/c1-24-15-6-10(2-5-14(15)25-17(23)11-3-4-11)8-21-22-16-13(19)7-12(18)9-20-16/h2,5-9,11H,3-4H2,1H3,(H,20,22)/b21-8-. The van der Waals surface area contributed by atoms with Crippen LogP contribution in [0.2, 0.25) is 10.0 Å². The van der Waals surface area contributed by atoms with E-state index in [2.05, 4.69) is 15.5 Å². The van der Waals surface area contributed by atoms with Crippen LogP contribution in [0.3, 0.4) is 0 Å². The molecule has 1 N–H and O–H groups in total. The zero-order valence-corrected chi connectivity index (χ0v) is 14.8. The highest BCUT2D eigenvalue weighted by Gasteiger charge is 2.32. The molecular weight excluding hydrogens is 365 g/mol. The SMILES string of the molecule is COc1cc(/C=N\Nc2ncc(Cl)cc2Cl)ccc1OC(=O)C1CC1. The molecule has 1 aromatic heterocycles. The number of esters is 1. The van der Waals surface area contributed by atoms with E-state index in [1.165, 1.54) is 13.3 Å². The second-order valence-electron chi connectivity index (χ2n) is 5.46. The molecule has 0 atom stereocenters. The van der Waals surface area contributed by atoms with Crippen LogP contribution >= 0.6 is 23.2 Å². The second-order valence-corrected chi connectivity index (χ2v) is 6.30. The van der Waals surface area contributed by atoms with Gasteiger partial charge in [-0.15, -0.1) is 0 Å². The molecule has 6 nitrogen and oxygen atoms in total. The Morgan fingerprint density at radius 2 is 2.12 bits per heavy atom. The predicted molar refractivity (Wildman–Crippen MR) is 96.8 cm³/mol. The van der Waals surface area contributed by atoms with Gasteiger partial charge in [0.15, 0.2) is 17.3 Å². The van der Waals surface area contributed by atoms with Crippen LogP contribution in [0.15, 0.2) is 35.6 Å². The topological polar surface area (TPSA) is 72.8 Å². The molecule has 0 saturated heterocycles. The van der Waals surface area contributed by atoms with Crippen LogP contribution in [0, 0.1) is 5.92 Å². The van der Waals surface area contributed by atoms with Gasteiger partial charge in [-0.2, -0.15) is 5.10 Å². The molecule has 3 rings (SSSR count). The lowest BCUT2D eigenvalue weighted by atomic mass is 10.2. The number of hydrogen-bond donors (Lipinski definition) is 1. The fraction of sp³-hybridized carbons (Fsp3) is 0.235. The monoisotopic (exact) mass is 379 g/mol. The van der Waals surface area contributed by atoms with Crippen molar-refractivity contribution in [2.24, 2.45) is 11.0 Å². The Labute approximate surface area is 154 Å². The normalized spacial score (nSPS) is 13.7. The van der Waals surface area contributed by atoms with Crippen molar-refractivity contribution in [3.8, 4) is 11.5 Å². The van der Waals surface area contributed by atoms with Gasteiger partial charge in [-0.3, -0.25) is 10.2 Å². The Hall–Kier alpha value is -2.31.